The molecule has 0 N–H and O–H groups in total. The van der Waals surface area contributed by atoms with Gasteiger partial charge in [0.2, 0.25) is 0 Å². The Kier molecular flexibility index (Phi) is 4.97. The average Bonchev–Trinajstić information content (AvgIpc) is 2.99. The number of anilines is 2. The number of pyridine rings is 1. The number of benzene rings is 1. The van der Waals surface area contributed by atoms with Gasteiger partial charge in [0.15, 0.2) is 5.82 Å². The molecule has 0 spiro atoms. The largest absolute Gasteiger partial charge is 0.324 e. The van der Waals surface area contributed by atoms with Crippen LogP contribution < -0.4 is 4.90 Å². The summed E-state index contributed by atoms with van der Waals surface area (Å²) in [5.74, 6) is 0.781. The molecule has 25 heavy (non-hydrogen) atoms. The maximum absolute atomic E-state index is 13.1. The van der Waals surface area contributed by atoms with E-state index in [0.29, 0.717) is 0 Å². The van der Waals surface area contributed by atoms with Gasteiger partial charge in [0, 0.05) is 37.2 Å². The molecule has 0 amide bonds. The number of halogens is 2. The van der Waals surface area contributed by atoms with Crippen molar-refractivity contribution in [2.75, 3.05) is 11.4 Å². The predicted molar refractivity (Wildman–Crippen MR) is 96.6 cm³/mol. The number of fused-ring (bicyclic) bond motifs is 2. The quantitative estimate of drug-likeness (QED) is 0.655. The van der Waals surface area contributed by atoms with Gasteiger partial charge in [0.05, 0.1) is 10.9 Å². The first-order chi connectivity index (χ1) is 12.1. The van der Waals surface area contributed by atoms with Crippen LogP contribution in [0.25, 0.3) is 10.9 Å². The van der Waals surface area contributed by atoms with Crippen LogP contribution >= 0.6 is 0 Å². The van der Waals surface area contributed by atoms with E-state index < -0.39 is 6.43 Å². The highest BCUT2D eigenvalue weighted by Crippen LogP contribution is 2.38. The lowest BCUT2D eigenvalue weighted by atomic mass is 9.99. The standard InChI is InChI=1S/C17H16F2N4.C2H6/c1-22-14-6-7-20-10-13(14)17(21-22)23-8-2-3-11-4-5-12(16(18)19)9-15(11)23;1-2/h4-7,9-10,16H,2-3,8H2,1H3;1-2H3. The van der Waals surface area contributed by atoms with E-state index in [1.54, 1.807) is 23.1 Å². The lowest BCUT2D eigenvalue weighted by Gasteiger charge is -2.30. The van der Waals surface area contributed by atoms with Crippen molar-refractivity contribution in [3.8, 4) is 0 Å². The second kappa shape index (κ2) is 7.17. The molecule has 132 valence electrons. The zero-order valence-corrected chi connectivity index (χ0v) is 14.7. The molecule has 0 atom stereocenters. The molecule has 0 aliphatic carbocycles. The van der Waals surface area contributed by atoms with Gasteiger partial charge in [0.1, 0.15) is 0 Å². The van der Waals surface area contributed by atoms with E-state index in [1.807, 2.05) is 37.9 Å². The smallest absolute Gasteiger partial charge is 0.263 e. The number of aromatic nitrogens is 3. The van der Waals surface area contributed by atoms with Gasteiger partial charge in [-0.05, 0) is 30.5 Å². The maximum atomic E-state index is 13.1. The molecular weight excluding hydrogens is 322 g/mol. The summed E-state index contributed by atoms with van der Waals surface area (Å²) in [6.07, 6.45) is 2.92. The molecule has 0 bridgehead atoms. The summed E-state index contributed by atoms with van der Waals surface area (Å²) in [5, 5.41) is 5.54. The third-order valence-corrected chi connectivity index (χ3v) is 4.37. The van der Waals surface area contributed by atoms with Crippen molar-refractivity contribution in [2.45, 2.75) is 33.1 Å². The Morgan fingerprint density at radius 1 is 1.16 bits per heavy atom. The molecule has 0 saturated carbocycles. The molecule has 1 aromatic carbocycles. The Bertz CT molecular complexity index is 873. The first-order valence-electron chi connectivity index (χ1n) is 8.60. The number of hydrogen-bond donors (Lipinski definition) is 0. The number of aryl methyl sites for hydroxylation is 2. The molecule has 4 nitrogen and oxygen atoms in total. The minimum Gasteiger partial charge on any atom is -0.324 e. The van der Waals surface area contributed by atoms with Crippen molar-refractivity contribution >= 4 is 22.4 Å². The predicted octanol–water partition coefficient (Wildman–Crippen LogP) is 5.02. The van der Waals surface area contributed by atoms with Crippen LogP contribution in [0.1, 0.15) is 37.8 Å². The zero-order chi connectivity index (χ0) is 18.0. The Hall–Kier alpha value is -2.50. The monoisotopic (exact) mass is 344 g/mol. The van der Waals surface area contributed by atoms with Crippen LogP contribution in [0.5, 0.6) is 0 Å². The van der Waals surface area contributed by atoms with Crippen molar-refractivity contribution in [3.05, 3.63) is 47.8 Å². The maximum Gasteiger partial charge on any atom is 0.263 e. The van der Waals surface area contributed by atoms with Gasteiger partial charge in [-0.2, -0.15) is 5.10 Å². The topological polar surface area (TPSA) is 34.0 Å². The first-order valence-corrected chi connectivity index (χ1v) is 8.60. The molecule has 3 heterocycles. The Morgan fingerprint density at radius 3 is 2.72 bits per heavy atom. The third kappa shape index (κ3) is 3.08. The van der Waals surface area contributed by atoms with Crippen LogP contribution in [0.15, 0.2) is 36.7 Å². The molecule has 6 heteroatoms. The summed E-state index contributed by atoms with van der Waals surface area (Å²) in [6, 6.07) is 6.83. The lowest BCUT2D eigenvalue weighted by molar-refractivity contribution is 0.151. The van der Waals surface area contributed by atoms with Crippen LogP contribution in [0, 0.1) is 0 Å². The molecule has 0 saturated heterocycles. The van der Waals surface area contributed by atoms with Crippen molar-refractivity contribution in [2.24, 2.45) is 7.05 Å². The summed E-state index contributed by atoms with van der Waals surface area (Å²) in [6.45, 7) is 4.76. The second-order valence-corrected chi connectivity index (χ2v) is 5.78. The highest BCUT2D eigenvalue weighted by molar-refractivity contribution is 5.92. The molecule has 2 aromatic heterocycles. The summed E-state index contributed by atoms with van der Waals surface area (Å²) >= 11 is 0. The van der Waals surface area contributed by atoms with Crippen LogP contribution in [-0.2, 0) is 13.5 Å². The Labute approximate surface area is 146 Å². The molecule has 1 aliphatic heterocycles. The van der Waals surface area contributed by atoms with Crippen molar-refractivity contribution in [3.63, 3.8) is 0 Å². The van der Waals surface area contributed by atoms with Gasteiger partial charge in [-0.15, -0.1) is 0 Å². The van der Waals surface area contributed by atoms with Crippen molar-refractivity contribution in [1.29, 1.82) is 0 Å². The van der Waals surface area contributed by atoms with E-state index in [4.69, 9.17) is 0 Å². The van der Waals surface area contributed by atoms with Gasteiger partial charge >= 0.3 is 0 Å². The summed E-state index contributed by atoms with van der Waals surface area (Å²) < 4.78 is 28.0. The lowest BCUT2D eigenvalue weighted by Crippen LogP contribution is -2.25. The number of nitrogens with zero attached hydrogens (tertiary/aromatic N) is 4. The van der Waals surface area contributed by atoms with Gasteiger partial charge < -0.3 is 4.90 Å². The highest BCUT2D eigenvalue weighted by Gasteiger charge is 2.24. The fourth-order valence-electron chi connectivity index (χ4n) is 3.24. The van der Waals surface area contributed by atoms with Crippen LogP contribution in [0.4, 0.5) is 20.3 Å². The van der Waals surface area contributed by atoms with E-state index in [1.165, 1.54) is 6.07 Å². The minimum atomic E-state index is -2.47. The van der Waals surface area contributed by atoms with Crippen molar-refractivity contribution in [1.82, 2.24) is 14.8 Å². The minimum absolute atomic E-state index is 0.0500. The second-order valence-electron chi connectivity index (χ2n) is 5.78. The zero-order valence-electron chi connectivity index (χ0n) is 14.7. The van der Waals surface area contributed by atoms with E-state index in [-0.39, 0.29) is 5.56 Å². The highest BCUT2D eigenvalue weighted by atomic mass is 19.3. The Morgan fingerprint density at radius 2 is 1.96 bits per heavy atom. The van der Waals surface area contributed by atoms with Crippen molar-refractivity contribution < 1.29 is 8.78 Å². The molecule has 1 aliphatic rings. The number of rotatable bonds is 2. The first kappa shape index (κ1) is 17.3. The normalized spacial score (nSPS) is 13.6. The fraction of sp³-hybridized carbons (Fsp3) is 0.368. The summed E-state index contributed by atoms with van der Waals surface area (Å²) in [7, 11) is 1.88. The fourth-order valence-corrected chi connectivity index (χ4v) is 3.24. The molecule has 0 fully saturated rings. The van der Waals surface area contributed by atoms with Crippen LogP contribution in [0.2, 0.25) is 0 Å². The molecular formula is C19H22F2N4. The van der Waals surface area contributed by atoms with E-state index in [9.17, 15) is 8.78 Å². The van der Waals surface area contributed by atoms with Gasteiger partial charge in [-0.25, -0.2) is 8.78 Å². The summed E-state index contributed by atoms with van der Waals surface area (Å²) in [4.78, 5) is 6.22. The number of hydrogen-bond acceptors (Lipinski definition) is 3. The Balaban J connectivity index is 0.000000880. The van der Waals surface area contributed by atoms with Gasteiger partial charge in [-0.1, -0.05) is 26.0 Å². The van der Waals surface area contributed by atoms with E-state index in [0.717, 1.165) is 47.4 Å². The van der Waals surface area contributed by atoms with Crippen LogP contribution in [-0.4, -0.2) is 21.3 Å². The molecule has 0 unspecified atom stereocenters. The van der Waals surface area contributed by atoms with Crippen LogP contribution in [0.3, 0.4) is 0 Å². The molecule has 3 aromatic rings. The molecule has 4 rings (SSSR count). The van der Waals surface area contributed by atoms with Gasteiger partial charge in [-0.3, -0.25) is 9.67 Å². The SMILES string of the molecule is CC.Cn1nc(N2CCCc3ccc(C(F)F)cc32)c2cnccc21. The molecule has 0 radical (unpaired) electrons. The van der Waals surface area contributed by atoms with E-state index in [2.05, 4.69) is 10.1 Å². The van der Waals surface area contributed by atoms with E-state index >= 15 is 0 Å². The average molecular weight is 344 g/mol. The number of alkyl halides is 2. The third-order valence-electron chi connectivity index (χ3n) is 4.37. The summed E-state index contributed by atoms with van der Waals surface area (Å²) in [5.41, 5.74) is 2.95. The van der Waals surface area contributed by atoms with Gasteiger partial charge in [0.25, 0.3) is 6.43 Å².